The minimum absolute atomic E-state index is 0. The lowest BCUT2D eigenvalue weighted by molar-refractivity contribution is 0.0507. The van der Waals surface area contributed by atoms with Gasteiger partial charge in [-0.2, -0.15) is 0 Å². The number of rotatable bonds is 5. The van der Waals surface area contributed by atoms with Gasteiger partial charge in [0, 0.05) is 25.2 Å². The fourth-order valence-electron chi connectivity index (χ4n) is 2.96. The average Bonchev–Trinajstić information content (AvgIpc) is 3.05. The summed E-state index contributed by atoms with van der Waals surface area (Å²) < 4.78 is 10.7. The van der Waals surface area contributed by atoms with Crippen molar-refractivity contribution in [1.29, 1.82) is 0 Å². The van der Waals surface area contributed by atoms with E-state index in [1.165, 1.54) is 0 Å². The Kier molecular flexibility index (Phi) is 9.84. The van der Waals surface area contributed by atoms with E-state index in [-0.39, 0.29) is 36.1 Å². The van der Waals surface area contributed by atoms with E-state index in [0.29, 0.717) is 13.1 Å². The normalized spacial score (nSPS) is 17.0. The SMILES string of the molecule is CCNC(=NCc1ccccc1OC)N1CCC(NC(=O)OC(C)(C)C)C1.I. The van der Waals surface area contributed by atoms with Gasteiger partial charge in [-0.15, -0.1) is 24.0 Å². The summed E-state index contributed by atoms with van der Waals surface area (Å²) in [7, 11) is 1.67. The van der Waals surface area contributed by atoms with Crippen molar-refractivity contribution in [2.45, 2.75) is 52.3 Å². The molecule has 0 aromatic heterocycles. The first kappa shape index (κ1) is 24.3. The number of benzene rings is 1. The summed E-state index contributed by atoms with van der Waals surface area (Å²) >= 11 is 0. The molecule has 1 fully saturated rings. The Bertz CT molecular complexity index is 661. The molecule has 1 aromatic carbocycles. The second-order valence-corrected chi connectivity index (χ2v) is 7.56. The molecule has 0 spiro atoms. The van der Waals surface area contributed by atoms with Gasteiger partial charge in [-0.1, -0.05) is 18.2 Å². The highest BCUT2D eigenvalue weighted by Gasteiger charge is 2.27. The number of ether oxygens (including phenoxy) is 2. The number of likely N-dealkylation sites (tertiary alicyclic amines) is 1. The molecular formula is C20H33IN4O3. The summed E-state index contributed by atoms with van der Waals surface area (Å²) in [6, 6.07) is 7.94. The number of aliphatic imine (C=N–C) groups is 1. The highest BCUT2D eigenvalue weighted by Crippen LogP contribution is 2.19. The smallest absolute Gasteiger partial charge is 0.407 e. The van der Waals surface area contributed by atoms with E-state index in [1.807, 2.05) is 52.0 Å². The quantitative estimate of drug-likeness (QED) is 0.366. The number of halogens is 1. The summed E-state index contributed by atoms with van der Waals surface area (Å²) in [5.41, 5.74) is 0.547. The molecule has 2 N–H and O–H groups in total. The molecule has 1 aromatic rings. The fourth-order valence-corrected chi connectivity index (χ4v) is 2.96. The zero-order valence-corrected chi connectivity index (χ0v) is 19.8. The van der Waals surface area contributed by atoms with E-state index in [4.69, 9.17) is 14.5 Å². The second kappa shape index (κ2) is 11.3. The number of alkyl carbamates (subject to hydrolysis) is 1. The van der Waals surface area contributed by atoms with E-state index < -0.39 is 5.60 Å². The van der Waals surface area contributed by atoms with Crippen LogP contribution in [0, 0.1) is 0 Å². The monoisotopic (exact) mass is 504 g/mol. The molecule has 2 rings (SSSR count). The molecule has 7 nitrogen and oxygen atoms in total. The van der Waals surface area contributed by atoms with Crippen LogP contribution in [0.1, 0.15) is 39.7 Å². The average molecular weight is 504 g/mol. The second-order valence-electron chi connectivity index (χ2n) is 7.56. The number of carbonyl (C=O) groups excluding carboxylic acids is 1. The standard InChI is InChI=1S/C20H32N4O3.HI/c1-6-21-18(22-13-15-9-7-8-10-17(15)26-5)24-12-11-16(14-24)23-19(25)27-20(2,3)4;/h7-10,16H,6,11-14H2,1-5H3,(H,21,22)(H,23,25);1H. The number of hydrogen-bond donors (Lipinski definition) is 2. The van der Waals surface area contributed by atoms with Gasteiger partial charge in [0.1, 0.15) is 11.4 Å². The maximum atomic E-state index is 12.0. The van der Waals surface area contributed by atoms with Crippen molar-refractivity contribution >= 4 is 36.0 Å². The van der Waals surface area contributed by atoms with Crippen molar-refractivity contribution in [3.63, 3.8) is 0 Å². The molecule has 8 heteroatoms. The number of nitrogens with zero attached hydrogens (tertiary/aromatic N) is 2. The van der Waals surface area contributed by atoms with Crippen LogP contribution in [-0.4, -0.2) is 55.3 Å². The number of amides is 1. The van der Waals surface area contributed by atoms with E-state index in [0.717, 1.165) is 36.8 Å². The first-order chi connectivity index (χ1) is 12.8. The molecule has 0 bridgehead atoms. The summed E-state index contributed by atoms with van der Waals surface area (Å²) in [5.74, 6) is 1.68. The summed E-state index contributed by atoms with van der Waals surface area (Å²) in [5, 5.41) is 6.28. The zero-order valence-electron chi connectivity index (χ0n) is 17.4. The van der Waals surface area contributed by atoms with E-state index in [1.54, 1.807) is 7.11 Å². The third-order valence-electron chi connectivity index (χ3n) is 4.14. The highest BCUT2D eigenvalue weighted by atomic mass is 127. The van der Waals surface area contributed by atoms with Crippen molar-refractivity contribution in [2.24, 2.45) is 4.99 Å². The van der Waals surface area contributed by atoms with Gasteiger partial charge in [-0.3, -0.25) is 0 Å². The van der Waals surface area contributed by atoms with Crippen LogP contribution < -0.4 is 15.4 Å². The minimum Gasteiger partial charge on any atom is -0.496 e. The van der Waals surface area contributed by atoms with Crippen LogP contribution in [0.25, 0.3) is 0 Å². The van der Waals surface area contributed by atoms with Crippen molar-refractivity contribution in [3.05, 3.63) is 29.8 Å². The number of guanidine groups is 1. The molecule has 0 aliphatic carbocycles. The maximum Gasteiger partial charge on any atom is 0.407 e. The Hall–Kier alpha value is -1.71. The number of methoxy groups -OCH3 is 1. The lowest BCUT2D eigenvalue weighted by atomic mass is 10.2. The molecule has 1 aliphatic rings. The number of carbonyl (C=O) groups is 1. The van der Waals surface area contributed by atoms with Gasteiger partial charge in [-0.25, -0.2) is 9.79 Å². The lowest BCUT2D eigenvalue weighted by Crippen LogP contribution is -2.44. The van der Waals surface area contributed by atoms with Crippen LogP contribution in [0.15, 0.2) is 29.3 Å². The van der Waals surface area contributed by atoms with Crippen molar-refractivity contribution < 1.29 is 14.3 Å². The molecular weight excluding hydrogens is 471 g/mol. The lowest BCUT2D eigenvalue weighted by Gasteiger charge is -2.23. The molecule has 1 saturated heterocycles. The van der Waals surface area contributed by atoms with Gasteiger partial charge in [0.05, 0.1) is 19.7 Å². The Labute approximate surface area is 185 Å². The molecule has 0 radical (unpaired) electrons. The molecule has 158 valence electrons. The molecule has 28 heavy (non-hydrogen) atoms. The Balaban J connectivity index is 0.00000392. The van der Waals surface area contributed by atoms with Gasteiger partial charge in [-0.05, 0) is 40.2 Å². The van der Waals surface area contributed by atoms with Gasteiger partial charge in [0.25, 0.3) is 0 Å². The molecule has 1 atom stereocenters. The van der Waals surface area contributed by atoms with E-state index >= 15 is 0 Å². The molecule has 1 amide bonds. The third kappa shape index (κ3) is 7.73. The third-order valence-corrected chi connectivity index (χ3v) is 4.14. The Morgan fingerprint density at radius 3 is 2.68 bits per heavy atom. The first-order valence-electron chi connectivity index (χ1n) is 9.47. The van der Waals surface area contributed by atoms with Crippen LogP contribution >= 0.6 is 24.0 Å². The van der Waals surface area contributed by atoms with Gasteiger partial charge in [0.15, 0.2) is 5.96 Å². The Morgan fingerprint density at radius 2 is 2.04 bits per heavy atom. The maximum absolute atomic E-state index is 12.0. The highest BCUT2D eigenvalue weighted by molar-refractivity contribution is 14.0. The number of para-hydroxylation sites is 1. The molecule has 1 heterocycles. The van der Waals surface area contributed by atoms with Crippen molar-refractivity contribution in [2.75, 3.05) is 26.7 Å². The van der Waals surface area contributed by atoms with Crippen LogP contribution in [0.2, 0.25) is 0 Å². The largest absolute Gasteiger partial charge is 0.496 e. The summed E-state index contributed by atoms with van der Waals surface area (Å²) in [6.07, 6.45) is 0.489. The zero-order chi connectivity index (χ0) is 19.9. The van der Waals surface area contributed by atoms with E-state index in [9.17, 15) is 4.79 Å². The number of nitrogens with one attached hydrogen (secondary N) is 2. The van der Waals surface area contributed by atoms with Gasteiger partial charge < -0.3 is 25.0 Å². The number of hydrogen-bond acceptors (Lipinski definition) is 4. The van der Waals surface area contributed by atoms with Crippen LogP contribution in [0.5, 0.6) is 5.75 Å². The van der Waals surface area contributed by atoms with Gasteiger partial charge in [0.2, 0.25) is 0 Å². The molecule has 1 aliphatic heterocycles. The first-order valence-corrected chi connectivity index (χ1v) is 9.47. The van der Waals surface area contributed by atoms with Crippen molar-refractivity contribution in [1.82, 2.24) is 15.5 Å². The molecule has 1 unspecified atom stereocenters. The van der Waals surface area contributed by atoms with Crippen LogP contribution in [0.3, 0.4) is 0 Å². The fraction of sp³-hybridized carbons (Fsp3) is 0.600. The van der Waals surface area contributed by atoms with Crippen molar-refractivity contribution in [3.8, 4) is 5.75 Å². The summed E-state index contributed by atoms with van der Waals surface area (Å²) in [4.78, 5) is 18.9. The van der Waals surface area contributed by atoms with E-state index in [2.05, 4.69) is 15.5 Å². The Morgan fingerprint density at radius 1 is 1.32 bits per heavy atom. The topological polar surface area (TPSA) is 75.2 Å². The predicted molar refractivity (Wildman–Crippen MR) is 123 cm³/mol. The molecule has 0 saturated carbocycles. The van der Waals surface area contributed by atoms with Gasteiger partial charge >= 0.3 is 6.09 Å². The van der Waals surface area contributed by atoms with Crippen LogP contribution in [0.4, 0.5) is 4.79 Å². The summed E-state index contributed by atoms with van der Waals surface area (Å²) in [6.45, 7) is 10.5. The minimum atomic E-state index is -0.493. The predicted octanol–water partition coefficient (Wildman–Crippen LogP) is 3.38. The van der Waals surface area contributed by atoms with Crippen LogP contribution in [-0.2, 0) is 11.3 Å².